The van der Waals surface area contributed by atoms with Gasteiger partial charge in [-0.25, -0.2) is 8.42 Å². The van der Waals surface area contributed by atoms with Crippen molar-refractivity contribution in [3.05, 3.63) is 63.2 Å². The summed E-state index contributed by atoms with van der Waals surface area (Å²) in [6.45, 7) is 4.08. The Labute approximate surface area is 169 Å². The maximum Gasteiger partial charge on any atom is 0.312 e. The van der Waals surface area contributed by atoms with Gasteiger partial charge in [-0.1, -0.05) is 17.7 Å². The Balaban J connectivity index is 1.83. The van der Waals surface area contributed by atoms with Crippen LogP contribution in [0.5, 0.6) is 5.75 Å². The molecule has 1 aliphatic heterocycles. The van der Waals surface area contributed by atoms with Gasteiger partial charge in [-0.15, -0.1) is 0 Å². The summed E-state index contributed by atoms with van der Waals surface area (Å²) in [4.78, 5) is 23.1. The topological polar surface area (TPSA) is 107 Å². The van der Waals surface area contributed by atoms with E-state index in [-0.39, 0.29) is 23.0 Å². The van der Waals surface area contributed by atoms with Gasteiger partial charge in [-0.3, -0.25) is 14.9 Å². The standard InChI is InChI=1S/C20H22N2O6S/c1-14-5-6-15(2)17(11-14)19(23)13-28-20-8-7-16(12-18(20)22(24)25)29(26,27)21-9-3-4-10-21/h5-8,11-12H,3-4,9-10,13H2,1-2H3. The van der Waals surface area contributed by atoms with E-state index in [1.165, 1.54) is 16.4 Å². The number of sulfonamides is 1. The molecule has 0 aliphatic carbocycles. The number of benzene rings is 2. The number of hydrogen-bond acceptors (Lipinski definition) is 6. The number of nitro groups is 1. The first kappa shape index (κ1) is 20.9. The third kappa shape index (κ3) is 4.46. The number of carbonyl (C=O) groups excluding carboxylic acids is 1. The van der Waals surface area contributed by atoms with Crippen LogP contribution in [0.2, 0.25) is 0 Å². The Morgan fingerprint density at radius 3 is 2.48 bits per heavy atom. The largest absolute Gasteiger partial charge is 0.478 e. The normalized spacial score (nSPS) is 14.7. The molecule has 29 heavy (non-hydrogen) atoms. The molecule has 8 nitrogen and oxygen atoms in total. The molecule has 9 heteroatoms. The molecule has 0 aromatic heterocycles. The minimum atomic E-state index is -3.79. The van der Waals surface area contributed by atoms with Crippen LogP contribution < -0.4 is 4.74 Å². The number of ketones is 1. The van der Waals surface area contributed by atoms with Crippen molar-refractivity contribution in [1.29, 1.82) is 0 Å². The molecule has 1 heterocycles. The lowest BCUT2D eigenvalue weighted by Gasteiger charge is -2.16. The summed E-state index contributed by atoms with van der Waals surface area (Å²) in [6.07, 6.45) is 1.53. The highest BCUT2D eigenvalue weighted by Gasteiger charge is 2.30. The number of nitrogens with zero attached hydrogens (tertiary/aromatic N) is 2. The average Bonchev–Trinajstić information content (AvgIpc) is 3.23. The Morgan fingerprint density at radius 2 is 1.83 bits per heavy atom. The highest BCUT2D eigenvalue weighted by atomic mass is 32.2. The molecule has 0 atom stereocenters. The van der Waals surface area contributed by atoms with Crippen molar-refractivity contribution in [3.63, 3.8) is 0 Å². The number of aryl methyl sites for hydroxylation is 2. The summed E-state index contributed by atoms with van der Waals surface area (Å²) in [7, 11) is -3.79. The van der Waals surface area contributed by atoms with E-state index in [9.17, 15) is 23.3 Å². The fraction of sp³-hybridized carbons (Fsp3) is 0.350. The summed E-state index contributed by atoms with van der Waals surface area (Å²) in [5.74, 6) is -0.455. The molecule has 1 aliphatic rings. The highest BCUT2D eigenvalue weighted by Crippen LogP contribution is 2.32. The van der Waals surface area contributed by atoms with Crippen molar-refractivity contribution in [2.75, 3.05) is 19.7 Å². The summed E-state index contributed by atoms with van der Waals surface area (Å²) in [6, 6.07) is 8.95. The van der Waals surface area contributed by atoms with Crippen LogP contribution in [0.1, 0.15) is 34.3 Å². The first-order valence-corrected chi connectivity index (χ1v) is 10.7. The van der Waals surface area contributed by atoms with Gasteiger partial charge in [0.25, 0.3) is 0 Å². The van der Waals surface area contributed by atoms with Gasteiger partial charge in [0.2, 0.25) is 10.0 Å². The van der Waals surface area contributed by atoms with E-state index in [0.29, 0.717) is 18.7 Å². The van der Waals surface area contributed by atoms with E-state index in [1.54, 1.807) is 13.0 Å². The quantitative estimate of drug-likeness (QED) is 0.388. The first-order chi connectivity index (χ1) is 13.7. The highest BCUT2D eigenvalue weighted by molar-refractivity contribution is 7.89. The molecule has 0 bridgehead atoms. The van der Waals surface area contributed by atoms with Gasteiger partial charge in [-0.2, -0.15) is 4.31 Å². The van der Waals surface area contributed by atoms with Crippen LogP contribution in [-0.2, 0) is 10.0 Å². The van der Waals surface area contributed by atoms with Gasteiger partial charge < -0.3 is 4.74 Å². The van der Waals surface area contributed by atoms with Crippen LogP contribution in [0.4, 0.5) is 5.69 Å². The predicted molar refractivity (Wildman–Crippen MR) is 107 cm³/mol. The second-order valence-electron chi connectivity index (χ2n) is 7.03. The number of ether oxygens (including phenoxy) is 1. The minimum Gasteiger partial charge on any atom is -0.478 e. The van der Waals surface area contributed by atoms with Crippen LogP contribution in [0.25, 0.3) is 0 Å². The number of hydrogen-bond donors (Lipinski definition) is 0. The van der Waals surface area contributed by atoms with Crippen LogP contribution >= 0.6 is 0 Å². The van der Waals surface area contributed by atoms with Crippen molar-refractivity contribution < 1.29 is 22.9 Å². The number of Topliss-reactive ketones (excluding diaryl/α,β-unsaturated/α-hetero) is 1. The van der Waals surface area contributed by atoms with Crippen LogP contribution in [-0.4, -0.2) is 43.1 Å². The zero-order valence-corrected chi connectivity index (χ0v) is 17.1. The molecular formula is C20H22N2O6S. The first-order valence-electron chi connectivity index (χ1n) is 9.22. The third-order valence-electron chi connectivity index (χ3n) is 4.88. The van der Waals surface area contributed by atoms with E-state index in [0.717, 1.165) is 30.0 Å². The van der Waals surface area contributed by atoms with Gasteiger partial charge in [0.15, 0.2) is 18.1 Å². The second-order valence-corrected chi connectivity index (χ2v) is 8.97. The Morgan fingerprint density at radius 1 is 1.14 bits per heavy atom. The fourth-order valence-corrected chi connectivity index (χ4v) is 4.79. The van der Waals surface area contributed by atoms with Gasteiger partial charge >= 0.3 is 5.69 Å². The average molecular weight is 418 g/mol. The molecule has 1 fully saturated rings. The maximum atomic E-state index is 12.6. The SMILES string of the molecule is Cc1ccc(C)c(C(=O)COc2ccc(S(=O)(=O)N3CCCC3)cc2[N+](=O)[O-])c1. The molecule has 0 amide bonds. The predicted octanol–water partition coefficient (Wildman–Crippen LogP) is 3.26. The van der Waals surface area contributed by atoms with E-state index in [1.807, 2.05) is 19.1 Å². The summed E-state index contributed by atoms with van der Waals surface area (Å²) < 4.78 is 32.0. The lowest BCUT2D eigenvalue weighted by Crippen LogP contribution is -2.27. The van der Waals surface area contributed by atoms with Gasteiger partial charge in [-0.05, 0) is 50.5 Å². The summed E-state index contributed by atoms with van der Waals surface area (Å²) in [5.41, 5.74) is 1.70. The van der Waals surface area contributed by atoms with Gasteiger partial charge in [0, 0.05) is 24.7 Å². The zero-order valence-electron chi connectivity index (χ0n) is 16.3. The molecule has 2 aromatic carbocycles. The van der Waals surface area contributed by atoms with Crippen LogP contribution in [0.3, 0.4) is 0 Å². The molecule has 1 saturated heterocycles. The van der Waals surface area contributed by atoms with Crippen molar-refractivity contribution in [1.82, 2.24) is 4.31 Å². The fourth-order valence-electron chi connectivity index (χ4n) is 3.26. The minimum absolute atomic E-state index is 0.144. The van der Waals surface area contributed by atoms with Crippen LogP contribution in [0, 0.1) is 24.0 Å². The molecule has 2 aromatic rings. The maximum absolute atomic E-state index is 12.6. The molecular weight excluding hydrogens is 396 g/mol. The molecule has 0 radical (unpaired) electrons. The number of nitro benzene ring substituents is 1. The van der Waals surface area contributed by atoms with Crippen LogP contribution in [0.15, 0.2) is 41.3 Å². The second kappa shape index (κ2) is 8.30. The molecule has 3 rings (SSSR count). The van der Waals surface area contributed by atoms with Crippen molar-refractivity contribution >= 4 is 21.5 Å². The lowest BCUT2D eigenvalue weighted by atomic mass is 10.0. The molecule has 0 unspecified atom stereocenters. The Bertz CT molecular complexity index is 1060. The molecule has 0 spiro atoms. The van der Waals surface area contributed by atoms with Crippen molar-refractivity contribution in [2.45, 2.75) is 31.6 Å². The molecule has 0 saturated carbocycles. The monoisotopic (exact) mass is 418 g/mol. The molecule has 154 valence electrons. The Kier molecular flexibility index (Phi) is 5.99. The van der Waals surface area contributed by atoms with Gasteiger partial charge in [0.05, 0.1) is 9.82 Å². The summed E-state index contributed by atoms with van der Waals surface area (Å²) >= 11 is 0. The van der Waals surface area contributed by atoms with Crippen molar-refractivity contribution in [2.24, 2.45) is 0 Å². The number of rotatable bonds is 7. The van der Waals surface area contributed by atoms with Crippen molar-refractivity contribution in [3.8, 4) is 5.75 Å². The third-order valence-corrected chi connectivity index (χ3v) is 6.78. The Hall–Kier alpha value is -2.78. The molecule has 0 N–H and O–H groups in total. The smallest absolute Gasteiger partial charge is 0.312 e. The van der Waals surface area contributed by atoms with E-state index in [4.69, 9.17) is 4.74 Å². The van der Waals surface area contributed by atoms with Gasteiger partial charge in [0.1, 0.15) is 0 Å². The lowest BCUT2D eigenvalue weighted by molar-refractivity contribution is -0.386. The van der Waals surface area contributed by atoms with E-state index in [2.05, 4.69) is 0 Å². The summed E-state index contributed by atoms with van der Waals surface area (Å²) in [5, 5.41) is 11.5. The van der Waals surface area contributed by atoms with E-state index >= 15 is 0 Å². The van der Waals surface area contributed by atoms with E-state index < -0.39 is 20.6 Å². The number of carbonyl (C=O) groups is 1. The zero-order chi connectivity index (χ0) is 21.2.